The van der Waals surface area contributed by atoms with Crippen LogP contribution in [0, 0.1) is 13.8 Å². The van der Waals surface area contributed by atoms with Gasteiger partial charge in [0.2, 0.25) is 0 Å². The minimum Gasteiger partial charge on any atom is -0.508 e. The number of aryl methyl sites for hydroxylation is 2. The van der Waals surface area contributed by atoms with Gasteiger partial charge in [-0.1, -0.05) is 30.4 Å². The largest absolute Gasteiger partial charge is 0.508 e. The maximum absolute atomic E-state index is 12.4. The van der Waals surface area contributed by atoms with Gasteiger partial charge in [-0.15, -0.1) is 0 Å². The molecule has 0 saturated carbocycles. The zero-order valence-electron chi connectivity index (χ0n) is 15.0. The molecule has 0 aliphatic carbocycles. The molecule has 6 heteroatoms. The standard InChI is InChI=1S/C21H20N2O3S/c1-15-14-20(24)16(2)13-18(15)9-6-17-7-10-19(11-8-17)27(25,26)23-21-5-3-4-12-22-21/h3-14,24H,1-2H3,(H,22,23). The van der Waals surface area contributed by atoms with Gasteiger partial charge in [0.15, 0.2) is 0 Å². The van der Waals surface area contributed by atoms with Crippen LogP contribution >= 0.6 is 0 Å². The summed E-state index contributed by atoms with van der Waals surface area (Å²) in [6.07, 6.45) is 5.37. The molecule has 3 rings (SSSR count). The van der Waals surface area contributed by atoms with Crippen molar-refractivity contribution >= 4 is 28.0 Å². The summed E-state index contributed by atoms with van der Waals surface area (Å²) in [4.78, 5) is 4.14. The molecule has 138 valence electrons. The van der Waals surface area contributed by atoms with Crippen molar-refractivity contribution in [3.05, 3.63) is 83.0 Å². The van der Waals surface area contributed by atoms with Gasteiger partial charge in [0, 0.05) is 6.20 Å². The summed E-state index contributed by atoms with van der Waals surface area (Å²) in [6.45, 7) is 3.78. The monoisotopic (exact) mass is 380 g/mol. The number of benzene rings is 2. The molecule has 27 heavy (non-hydrogen) atoms. The Hall–Kier alpha value is -3.12. The van der Waals surface area contributed by atoms with Crippen molar-refractivity contribution in [3.63, 3.8) is 0 Å². The van der Waals surface area contributed by atoms with Gasteiger partial charge in [0.25, 0.3) is 10.0 Å². The van der Waals surface area contributed by atoms with Crippen molar-refractivity contribution in [2.75, 3.05) is 4.72 Å². The maximum atomic E-state index is 12.4. The summed E-state index contributed by atoms with van der Waals surface area (Å²) in [5.74, 6) is 0.555. The first-order valence-corrected chi connectivity index (χ1v) is 9.86. The number of pyridine rings is 1. The highest BCUT2D eigenvalue weighted by Gasteiger charge is 2.14. The number of hydrogen-bond acceptors (Lipinski definition) is 4. The molecule has 0 spiro atoms. The van der Waals surface area contributed by atoms with Crippen LogP contribution in [0.5, 0.6) is 5.75 Å². The van der Waals surface area contributed by atoms with Gasteiger partial charge in [-0.3, -0.25) is 4.72 Å². The van der Waals surface area contributed by atoms with Crippen LogP contribution in [-0.2, 0) is 10.0 Å². The summed E-state index contributed by atoms with van der Waals surface area (Å²) in [5.41, 5.74) is 3.64. The lowest BCUT2D eigenvalue weighted by atomic mass is 10.0. The van der Waals surface area contributed by atoms with Gasteiger partial charge >= 0.3 is 0 Å². The van der Waals surface area contributed by atoms with Crippen LogP contribution in [-0.4, -0.2) is 18.5 Å². The average molecular weight is 380 g/mol. The Labute approximate surface area is 159 Å². The van der Waals surface area contributed by atoms with Gasteiger partial charge in [-0.25, -0.2) is 13.4 Å². The maximum Gasteiger partial charge on any atom is 0.263 e. The van der Waals surface area contributed by atoms with E-state index in [1.807, 2.05) is 32.1 Å². The van der Waals surface area contributed by atoms with E-state index in [1.165, 1.54) is 6.20 Å². The number of aromatic hydroxyl groups is 1. The molecule has 2 aromatic carbocycles. The third-order valence-electron chi connectivity index (χ3n) is 4.13. The van der Waals surface area contributed by atoms with E-state index in [4.69, 9.17) is 0 Å². The van der Waals surface area contributed by atoms with Crippen LogP contribution in [0.2, 0.25) is 0 Å². The van der Waals surface area contributed by atoms with Gasteiger partial charge in [-0.05, 0) is 72.5 Å². The quantitative estimate of drug-likeness (QED) is 0.644. The number of rotatable bonds is 5. The summed E-state index contributed by atoms with van der Waals surface area (Å²) >= 11 is 0. The number of nitrogens with zero attached hydrogens (tertiary/aromatic N) is 1. The molecule has 1 heterocycles. The topological polar surface area (TPSA) is 79.3 Å². The minimum absolute atomic E-state index is 0.168. The normalized spacial score (nSPS) is 11.6. The van der Waals surface area contributed by atoms with E-state index in [9.17, 15) is 13.5 Å². The van der Waals surface area contributed by atoms with Crippen LogP contribution in [0.4, 0.5) is 5.82 Å². The molecule has 2 N–H and O–H groups in total. The molecule has 3 aromatic rings. The Balaban J connectivity index is 1.78. The Morgan fingerprint density at radius 2 is 1.70 bits per heavy atom. The molecule has 0 saturated heterocycles. The Bertz CT molecular complexity index is 1070. The smallest absolute Gasteiger partial charge is 0.263 e. The van der Waals surface area contributed by atoms with E-state index in [2.05, 4.69) is 9.71 Å². The molecule has 0 unspecified atom stereocenters. The zero-order chi connectivity index (χ0) is 19.4. The molecule has 0 aliphatic heterocycles. The van der Waals surface area contributed by atoms with E-state index in [0.29, 0.717) is 0 Å². The SMILES string of the molecule is Cc1cc(C=Cc2ccc(S(=O)(=O)Nc3ccccn3)cc2)c(C)cc1O. The zero-order valence-corrected chi connectivity index (χ0v) is 15.9. The summed E-state index contributed by atoms with van der Waals surface area (Å²) in [6, 6.07) is 15.3. The van der Waals surface area contributed by atoms with Gasteiger partial charge in [0.1, 0.15) is 11.6 Å². The fraction of sp³-hybridized carbons (Fsp3) is 0.0952. The third-order valence-corrected chi connectivity index (χ3v) is 5.50. The molecule has 0 aliphatic rings. The summed E-state index contributed by atoms with van der Waals surface area (Å²) in [5, 5.41) is 9.73. The number of phenolic OH excluding ortho intramolecular Hbond substituents is 1. The van der Waals surface area contributed by atoms with E-state index in [0.717, 1.165) is 22.3 Å². The Kier molecular flexibility index (Phi) is 5.28. The van der Waals surface area contributed by atoms with E-state index < -0.39 is 10.0 Å². The highest BCUT2D eigenvalue weighted by Crippen LogP contribution is 2.23. The molecular formula is C21H20N2O3S. The number of anilines is 1. The first kappa shape index (κ1) is 18.7. The first-order chi connectivity index (χ1) is 12.8. The van der Waals surface area contributed by atoms with Crippen molar-refractivity contribution in [1.82, 2.24) is 4.98 Å². The molecule has 0 atom stereocenters. The number of sulfonamides is 1. The van der Waals surface area contributed by atoms with Crippen LogP contribution in [0.3, 0.4) is 0 Å². The lowest BCUT2D eigenvalue weighted by Gasteiger charge is -2.07. The highest BCUT2D eigenvalue weighted by atomic mass is 32.2. The molecule has 1 aromatic heterocycles. The minimum atomic E-state index is -3.68. The van der Waals surface area contributed by atoms with Crippen LogP contribution < -0.4 is 4.72 Å². The summed E-state index contributed by atoms with van der Waals surface area (Å²) < 4.78 is 27.3. The van der Waals surface area contributed by atoms with Crippen molar-refractivity contribution in [2.24, 2.45) is 0 Å². The molecular weight excluding hydrogens is 360 g/mol. The number of nitrogens with one attached hydrogen (secondary N) is 1. The second-order valence-electron chi connectivity index (χ2n) is 6.22. The van der Waals surface area contributed by atoms with E-state index in [1.54, 1.807) is 48.5 Å². The predicted octanol–water partition coefficient (Wildman–Crippen LogP) is 4.38. The lowest BCUT2D eigenvalue weighted by molar-refractivity contribution is 0.470. The highest BCUT2D eigenvalue weighted by molar-refractivity contribution is 7.92. The van der Waals surface area contributed by atoms with E-state index >= 15 is 0 Å². The second kappa shape index (κ2) is 7.63. The first-order valence-electron chi connectivity index (χ1n) is 8.37. The van der Waals surface area contributed by atoms with Gasteiger partial charge in [-0.2, -0.15) is 0 Å². The third kappa shape index (κ3) is 4.54. The van der Waals surface area contributed by atoms with Crippen molar-refractivity contribution in [3.8, 4) is 5.75 Å². The fourth-order valence-corrected chi connectivity index (χ4v) is 3.57. The van der Waals surface area contributed by atoms with Crippen LogP contribution in [0.25, 0.3) is 12.2 Å². The van der Waals surface area contributed by atoms with Crippen LogP contribution in [0.1, 0.15) is 22.3 Å². The Morgan fingerprint density at radius 1 is 0.963 bits per heavy atom. The molecule has 0 amide bonds. The van der Waals surface area contributed by atoms with Gasteiger partial charge < -0.3 is 5.11 Å². The van der Waals surface area contributed by atoms with Crippen LogP contribution in [0.15, 0.2) is 65.7 Å². The summed E-state index contributed by atoms with van der Waals surface area (Å²) in [7, 11) is -3.68. The van der Waals surface area contributed by atoms with Crippen molar-refractivity contribution in [2.45, 2.75) is 18.7 Å². The molecule has 0 radical (unpaired) electrons. The van der Waals surface area contributed by atoms with E-state index in [-0.39, 0.29) is 16.5 Å². The molecule has 5 nitrogen and oxygen atoms in total. The number of phenols is 1. The molecule has 0 bridgehead atoms. The van der Waals surface area contributed by atoms with Crippen molar-refractivity contribution in [1.29, 1.82) is 0 Å². The fourth-order valence-electron chi connectivity index (χ4n) is 2.57. The second-order valence-corrected chi connectivity index (χ2v) is 7.90. The number of aromatic nitrogens is 1. The lowest BCUT2D eigenvalue weighted by Crippen LogP contribution is -2.13. The number of hydrogen-bond donors (Lipinski definition) is 2. The predicted molar refractivity (Wildman–Crippen MR) is 108 cm³/mol. The Morgan fingerprint density at radius 3 is 2.37 bits per heavy atom. The van der Waals surface area contributed by atoms with Crippen molar-refractivity contribution < 1.29 is 13.5 Å². The van der Waals surface area contributed by atoms with Gasteiger partial charge in [0.05, 0.1) is 4.90 Å². The average Bonchev–Trinajstić information content (AvgIpc) is 2.64. The molecule has 0 fully saturated rings.